The zero-order valence-corrected chi connectivity index (χ0v) is 32.9. The quantitative estimate of drug-likeness (QED) is 0.158. The maximum atomic E-state index is 2.45. The van der Waals surface area contributed by atoms with Crippen LogP contribution in [0.25, 0.3) is 55.6 Å². The summed E-state index contributed by atoms with van der Waals surface area (Å²) >= 11 is 0. The van der Waals surface area contributed by atoms with E-state index in [2.05, 4.69) is 234 Å². The largest absolute Gasteiger partial charge is 0.311 e. The first kappa shape index (κ1) is 35.3. The van der Waals surface area contributed by atoms with Gasteiger partial charge in [0.25, 0.3) is 0 Å². The van der Waals surface area contributed by atoms with Gasteiger partial charge in [-0.15, -0.1) is 0 Å². The molecule has 56 heavy (non-hydrogen) atoms. The van der Waals surface area contributed by atoms with Gasteiger partial charge in [0.15, 0.2) is 0 Å². The van der Waals surface area contributed by atoms with Crippen LogP contribution < -0.4 is 4.90 Å². The topological polar surface area (TPSA) is 3.24 Å². The lowest BCUT2D eigenvalue weighted by Crippen LogP contribution is -2.23. The molecular weight excluding hydrogens is 675 g/mol. The van der Waals surface area contributed by atoms with E-state index in [-0.39, 0.29) is 10.8 Å². The van der Waals surface area contributed by atoms with Crippen LogP contribution in [-0.4, -0.2) is 0 Å². The minimum atomic E-state index is -0.150. The Hall–Kier alpha value is -6.44. The zero-order valence-electron chi connectivity index (χ0n) is 32.9. The molecular formula is C55H47N. The average molecular weight is 722 g/mol. The molecule has 0 heterocycles. The molecule has 1 heteroatoms. The van der Waals surface area contributed by atoms with Gasteiger partial charge in [-0.3, -0.25) is 0 Å². The van der Waals surface area contributed by atoms with Gasteiger partial charge in [0.2, 0.25) is 0 Å². The van der Waals surface area contributed by atoms with Gasteiger partial charge in [-0.05, 0) is 120 Å². The second kappa shape index (κ2) is 14.0. The third kappa shape index (κ3) is 6.34. The van der Waals surface area contributed by atoms with E-state index in [4.69, 9.17) is 0 Å². The van der Waals surface area contributed by atoms with Crippen LogP contribution in [0, 0.1) is 0 Å². The molecule has 0 saturated heterocycles. The van der Waals surface area contributed by atoms with Crippen molar-refractivity contribution >= 4 is 17.1 Å². The van der Waals surface area contributed by atoms with Crippen molar-refractivity contribution in [2.75, 3.05) is 4.90 Å². The lowest BCUT2D eigenvalue weighted by atomic mass is 9.73. The summed E-state index contributed by atoms with van der Waals surface area (Å²) in [6.07, 6.45) is 0. The fourth-order valence-corrected chi connectivity index (χ4v) is 8.73. The molecule has 0 amide bonds. The van der Waals surface area contributed by atoms with Gasteiger partial charge in [-0.25, -0.2) is 0 Å². The number of fused-ring (bicyclic) bond motifs is 3. The summed E-state index contributed by atoms with van der Waals surface area (Å²) in [5, 5.41) is 0. The monoisotopic (exact) mass is 721 g/mol. The van der Waals surface area contributed by atoms with E-state index in [9.17, 15) is 0 Å². The highest BCUT2D eigenvalue weighted by Crippen LogP contribution is 2.56. The SMILES string of the molecule is CC(C)(C)c1ccc(-c2ccccc2)c2c1C(C)(C)c1cc(-c3ccc(N(c4ccc(-c5ccccc5)cc4)c4ccc(-c5ccccc5)cc4)cc3)ccc1-2. The van der Waals surface area contributed by atoms with Crippen LogP contribution >= 0.6 is 0 Å². The first-order valence-electron chi connectivity index (χ1n) is 19.8. The number of hydrogen-bond donors (Lipinski definition) is 0. The molecule has 0 N–H and O–H groups in total. The summed E-state index contributed by atoms with van der Waals surface area (Å²) in [7, 11) is 0. The summed E-state index contributed by atoms with van der Waals surface area (Å²) in [5.41, 5.74) is 20.1. The van der Waals surface area contributed by atoms with Crippen molar-refractivity contribution in [1.29, 1.82) is 0 Å². The van der Waals surface area contributed by atoms with Gasteiger partial charge >= 0.3 is 0 Å². The van der Waals surface area contributed by atoms with Gasteiger partial charge in [-0.2, -0.15) is 0 Å². The van der Waals surface area contributed by atoms with E-state index in [1.54, 1.807) is 0 Å². The Morgan fingerprint density at radius 3 is 1.20 bits per heavy atom. The van der Waals surface area contributed by atoms with Gasteiger partial charge in [0.1, 0.15) is 0 Å². The molecule has 9 rings (SSSR count). The Kier molecular flexibility index (Phi) is 8.82. The standard InChI is InChI=1S/C55H47N/c1-54(2,3)50-36-35-48(43-19-13-8-14-20-43)52-49-34-27-44(37-51(49)55(4,5)53(50)52)42-25-32-47(33-26-42)56(45-28-21-40(22-29-45)38-15-9-6-10-16-38)46-30-23-41(24-31-46)39-17-11-7-12-18-39/h6-37H,1-5H3. The van der Waals surface area contributed by atoms with Crippen LogP contribution in [0.5, 0.6) is 0 Å². The second-order valence-corrected chi connectivity index (χ2v) is 16.6. The predicted molar refractivity (Wildman–Crippen MR) is 239 cm³/mol. The molecule has 1 aliphatic carbocycles. The van der Waals surface area contributed by atoms with Gasteiger partial charge in [0, 0.05) is 22.5 Å². The Bertz CT molecular complexity index is 2550. The number of anilines is 3. The normalized spacial score (nSPS) is 12.9. The van der Waals surface area contributed by atoms with Crippen molar-refractivity contribution in [3.63, 3.8) is 0 Å². The highest BCUT2D eigenvalue weighted by Gasteiger charge is 2.41. The van der Waals surface area contributed by atoms with Crippen molar-refractivity contribution in [3.8, 4) is 55.6 Å². The fraction of sp³-hybridized carbons (Fsp3) is 0.127. The lowest BCUT2D eigenvalue weighted by Gasteiger charge is -2.31. The van der Waals surface area contributed by atoms with Gasteiger partial charge in [-0.1, -0.05) is 186 Å². The van der Waals surface area contributed by atoms with Crippen LogP contribution in [0.4, 0.5) is 17.1 Å². The molecule has 1 nitrogen and oxygen atoms in total. The van der Waals surface area contributed by atoms with E-state index in [1.807, 2.05) is 0 Å². The molecule has 0 spiro atoms. The Labute approximate surface area is 332 Å². The van der Waals surface area contributed by atoms with Crippen LogP contribution in [0.3, 0.4) is 0 Å². The molecule has 0 bridgehead atoms. The molecule has 0 aromatic heterocycles. The summed E-state index contributed by atoms with van der Waals surface area (Å²) in [4.78, 5) is 2.36. The van der Waals surface area contributed by atoms with Gasteiger partial charge < -0.3 is 4.90 Å². The number of hydrogen-bond acceptors (Lipinski definition) is 1. The lowest BCUT2D eigenvalue weighted by molar-refractivity contribution is 0.557. The van der Waals surface area contributed by atoms with Crippen molar-refractivity contribution in [2.45, 2.75) is 45.4 Å². The van der Waals surface area contributed by atoms with Crippen molar-refractivity contribution in [1.82, 2.24) is 0 Å². The highest BCUT2D eigenvalue weighted by molar-refractivity contribution is 5.95. The maximum absolute atomic E-state index is 2.45. The van der Waals surface area contributed by atoms with E-state index in [0.29, 0.717) is 0 Å². The molecule has 0 fully saturated rings. The first-order chi connectivity index (χ1) is 27.2. The van der Waals surface area contributed by atoms with Crippen LogP contribution in [-0.2, 0) is 10.8 Å². The number of benzene rings is 8. The van der Waals surface area contributed by atoms with E-state index >= 15 is 0 Å². The fourth-order valence-electron chi connectivity index (χ4n) is 8.73. The molecule has 8 aromatic carbocycles. The van der Waals surface area contributed by atoms with Crippen molar-refractivity contribution in [2.24, 2.45) is 0 Å². The zero-order chi connectivity index (χ0) is 38.4. The van der Waals surface area contributed by atoms with Crippen molar-refractivity contribution < 1.29 is 0 Å². The summed E-state index contributed by atoms with van der Waals surface area (Å²) in [6.45, 7) is 11.9. The molecule has 0 atom stereocenters. The molecule has 0 saturated carbocycles. The van der Waals surface area contributed by atoms with E-state index < -0.39 is 0 Å². The minimum Gasteiger partial charge on any atom is -0.311 e. The third-order valence-corrected chi connectivity index (χ3v) is 11.6. The van der Waals surface area contributed by atoms with E-state index in [0.717, 1.165) is 17.1 Å². The summed E-state index contributed by atoms with van der Waals surface area (Å²) in [5.74, 6) is 0. The average Bonchev–Trinajstić information content (AvgIpc) is 3.48. The second-order valence-electron chi connectivity index (χ2n) is 16.6. The minimum absolute atomic E-state index is 0.0207. The molecule has 1 aliphatic rings. The first-order valence-corrected chi connectivity index (χ1v) is 19.8. The Morgan fingerprint density at radius 2 is 0.750 bits per heavy atom. The third-order valence-electron chi connectivity index (χ3n) is 11.6. The van der Waals surface area contributed by atoms with Crippen molar-refractivity contribution in [3.05, 3.63) is 211 Å². The number of rotatable bonds is 7. The van der Waals surface area contributed by atoms with Crippen LogP contribution in [0.2, 0.25) is 0 Å². The predicted octanol–water partition coefficient (Wildman–Crippen LogP) is 15.4. The van der Waals surface area contributed by atoms with E-state index in [1.165, 1.54) is 72.3 Å². The number of nitrogens with zero attached hydrogens (tertiary/aromatic N) is 1. The highest BCUT2D eigenvalue weighted by atomic mass is 15.1. The summed E-state index contributed by atoms with van der Waals surface area (Å²) in [6, 6.07) is 70.9. The molecule has 272 valence electrons. The Balaban J connectivity index is 1.10. The smallest absolute Gasteiger partial charge is 0.0462 e. The Morgan fingerprint density at radius 1 is 0.375 bits per heavy atom. The maximum Gasteiger partial charge on any atom is 0.0462 e. The van der Waals surface area contributed by atoms with Gasteiger partial charge in [0.05, 0.1) is 0 Å². The molecule has 0 unspecified atom stereocenters. The van der Waals surface area contributed by atoms with Crippen LogP contribution in [0.1, 0.15) is 51.3 Å². The molecule has 0 radical (unpaired) electrons. The summed E-state index contributed by atoms with van der Waals surface area (Å²) < 4.78 is 0. The van der Waals surface area contributed by atoms with Crippen LogP contribution in [0.15, 0.2) is 194 Å². The molecule has 8 aromatic rings. The molecule has 0 aliphatic heterocycles.